The van der Waals surface area contributed by atoms with Gasteiger partial charge in [0.05, 0.1) is 11.2 Å². The zero-order valence-electron chi connectivity index (χ0n) is 15.5. The van der Waals surface area contributed by atoms with Gasteiger partial charge in [0.25, 0.3) is 5.91 Å². The highest BCUT2D eigenvalue weighted by atomic mass is 16.6. The lowest BCUT2D eigenvalue weighted by atomic mass is 10.0. The third kappa shape index (κ3) is 3.27. The summed E-state index contributed by atoms with van der Waals surface area (Å²) in [5.74, 6) is 0.889. The van der Waals surface area contributed by atoms with Gasteiger partial charge in [-0.25, -0.2) is 0 Å². The first kappa shape index (κ1) is 17.3. The van der Waals surface area contributed by atoms with Gasteiger partial charge in [-0.1, -0.05) is 60.7 Å². The van der Waals surface area contributed by atoms with E-state index >= 15 is 0 Å². The summed E-state index contributed by atoms with van der Waals surface area (Å²) in [7, 11) is 0. The van der Waals surface area contributed by atoms with E-state index in [9.17, 15) is 4.79 Å². The summed E-state index contributed by atoms with van der Waals surface area (Å²) in [5.41, 5.74) is 2.25. The lowest BCUT2D eigenvalue weighted by Crippen LogP contribution is -2.42. The molecule has 0 spiro atoms. The molecular weight excluding hydrogens is 364 g/mol. The Morgan fingerprint density at radius 2 is 1.52 bits per heavy atom. The van der Waals surface area contributed by atoms with Crippen LogP contribution in [-0.4, -0.2) is 17.0 Å². The van der Waals surface area contributed by atoms with Crippen molar-refractivity contribution in [1.82, 2.24) is 4.98 Å². The smallest absolute Gasteiger partial charge is 0.269 e. The molecular formula is C24H18N2O3. The molecule has 0 aliphatic carbocycles. The summed E-state index contributed by atoms with van der Waals surface area (Å²) < 4.78 is 12.3. The SMILES string of the molecule is O=C(Nc1cccc2cccnc12)[C@H]1Oc2ccccc2O[C@H]1c1ccccc1. The monoisotopic (exact) mass is 382 g/mol. The van der Waals surface area contributed by atoms with E-state index in [1.807, 2.05) is 78.9 Å². The summed E-state index contributed by atoms with van der Waals surface area (Å²) in [4.78, 5) is 17.7. The van der Waals surface area contributed by atoms with Crippen LogP contribution in [0.4, 0.5) is 5.69 Å². The van der Waals surface area contributed by atoms with Crippen molar-refractivity contribution in [2.75, 3.05) is 5.32 Å². The lowest BCUT2D eigenvalue weighted by molar-refractivity contribution is -0.128. The Morgan fingerprint density at radius 1 is 0.793 bits per heavy atom. The van der Waals surface area contributed by atoms with Crippen molar-refractivity contribution in [3.63, 3.8) is 0 Å². The number of hydrogen-bond donors (Lipinski definition) is 1. The van der Waals surface area contributed by atoms with Gasteiger partial charge in [-0.3, -0.25) is 9.78 Å². The number of ether oxygens (including phenoxy) is 2. The predicted octanol–water partition coefficient (Wildman–Crippen LogP) is 4.75. The highest BCUT2D eigenvalue weighted by Gasteiger charge is 2.38. The summed E-state index contributed by atoms with van der Waals surface area (Å²) in [5, 5.41) is 3.93. The Labute approximate surface area is 167 Å². The fourth-order valence-corrected chi connectivity index (χ4v) is 3.53. The molecule has 5 nitrogen and oxygen atoms in total. The maximum atomic E-state index is 13.3. The van der Waals surface area contributed by atoms with Gasteiger partial charge in [-0.2, -0.15) is 0 Å². The quantitative estimate of drug-likeness (QED) is 0.555. The van der Waals surface area contributed by atoms with Crippen LogP contribution in [0.1, 0.15) is 11.7 Å². The van der Waals surface area contributed by atoms with Crippen molar-refractivity contribution in [2.24, 2.45) is 0 Å². The second kappa shape index (κ2) is 7.28. The second-order valence-electron chi connectivity index (χ2n) is 6.80. The van der Waals surface area contributed by atoms with Gasteiger partial charge in [0, 0.05) is 11.6 Å². The molecule has 1 aliphatic rings. The minimum absolute atomic E-state index is 0.286. The molecule has 0 unspecified atom stereocenters. The number of carbonyl (C=O) groups is 1. The Bertz CT molecular complexity index is 1170. The summed E-state index contributed by atoms with van der Waals surface area (Å²) >= 11 is 0. The Morgan fingerprint density at radius 3 is 2.34 bits per heavy atom. The van der Waals surface area contributed by atoms with Gasteiger partial charge in [0.1, 0.15) is 0 Å². The van der Waals surface area contributed by atoms with Gasteiger partial charge in [-0.05, 0) is 29.8 Å². The molecule has 5 rings (SSSR count). The Balaban J connectivity index is 1.50. The van der Waals surface area contributed by atoms with Crippen LogP contribution in [0.2, 0.25) is 0 Å². The Kier molecular flexibility index (Phi) is 4.33. The van der Waals surface area contributed by atoms with E-state index in [4.69, 9.17) is 9.47 Å². The normalized spacial score (nSPS) is 17.7. The summed E-state index contributed by atoms with van der Waals surface area (Å²) in [6, 6.07) is 26.5. The van der Waals surface area contributed by atoms with Crippen LogP contribution in [-0.2, 0) is 4.79 Å². The van der Waals surface area contributed by atoms with Crippen molar-refractivity contribution < 1.29 is 14.3 Å². The zero-order chi connectivity index (χ0) is 19.6. The molecule has 29 heavy (non-hydrogen) atoms. The standard InChI is InChI=1S/C24H18N2O3/c27-24(26-18-12-6-10-16-11-7-15-25-21(16)18)23-22(17-8-2-1-3-9-17)28-19-13-4-5-14-20(19)29-23/h1-15,22-23H,(H,26,27)/t22-,23-/m0/s1. The van der Waals surface area contributed by atoms with Gasteiger partial charge >= 0.3 is 0 Å². The molecule has 0 bridgehead atoms. The van der Waals surface area contributed by atoms with Crippen LogP contribution >= 0.6 is 0 Å². The van der Waals surface area contributed by atoms with Crippen molar-refractivity contribution in [3.8, 4) is 11.5 Å². The van der Waals surface area contributed by atoms with Crippen molar-refractivity contribution in [2.45, 2.75) is 12.2 Å². The van der Waals surface area contributed by atoms with Crippen molar-refractivity contribution in [1.29, 1.82) is 0 Å². The number of rotatable bonds is 3. The van der Waals surface area contributed by atoms with Gasteiger partial charge in [-0.15, -0.1) is 0 Å². The molecule has 0 radical (unpaired) electrons. The predicted molar refractivity (Wildman–Crippen MR) is 111 cm³/mol. The van der Waals surface area contributed by atoms with Gasteiger partial charge in [0.2, 0.25) is 6.10 Å². The number of amides is 1. The van der Waals surface area contributed by atoms with Crippen molar-refractivity contribution in [3.05, 3.63) is 96.7 Å². The van der Waals surface area contributed by atoms with Crippen LogP contribution in [0.3, 0.4) is 0 Å². The number of carbonyl (C=O) groups excluding carboxylic acids is 1. The molecule has 2 heterocycles. The molecule has 3 aromatic carbocycles. The van der Waals surface area contributed by atoms with E-state index in [2.05, 4.69) is 10.3 Å². The molecule has 0 fully saturated rings. The van der Waals surface area contributed by atoms with Gasteiger partial charge < -0.3 is 14.8 Å². The first-order valence-corrected chi connectivity index (χ1v) is 9.41. The molecule has 142 valence electrons. The number of benzene rings is 3. The number of aromatic nitrogens is 1. The second-order valence-corrected chi connectivity index (χ2v) is 6.80. The average Bonchev–Trinajstić information content (AvgIpc) is 2.79. The average molecular weight is 382 g/mol. The van der Waals surface area contributed by atoms with E-state index in [1.54, 1.807) is 12.3 Å². The first-order valence-electron chi connectivity index (χ1n) is 9.41. The minimum atomic E-state index is -0.841. The lowest BCUT2D eigenvalue weighted by Gasteiger charge is -2.33. The van der Waals surface area contributed by atoms with E-state index < -0.39 is 12.2 Å². The first-order chi connectivity index (χ1) is 14.3. The number of nitrogens with zero attached hydrogens (tertiary/aromatic N) is 1. The third-order valence-corrected chi connectivity index (χ3v) is 4.91. The van der Waals surface area contributed by atoms with E-state index in [-0.39, 0.29) is 5.91 Å². The highest BCUT2D eigenvalue weighted by Crippen LogP contribution is 2.39. The van der Waals surface area contributed by atoms with Crippen LogP contribution in [0.25, 0.3) is 10.9 Å². The Hall–Kier alpha value is -3.86. The fourth-order valence-electron chi connectivity index (χ4n) is 3.53. The number of pyridine rings is 1. The molecule has 2 atom stereocenters. The molecule has 1 N–H and O–H groups in total. The van der Waals surface area contributed by atoms with Crippen LogP contribution in [0, 0.1) is 0 Å². The third-order valence-electron chi connectivity index (χ3n) is 4.91. The highest BCUT2D eigenvalue weighted by molar-refractivity contribution is 6.02. The minimum Gasteiger partial charge on any atom is -0.477 e. The molecule has 1 aromatic heterocycles. The van der Waals surface area contributed by atoms with E-state index in [0.717, 1.165) is 16.5 Å². The molecule has 5 heteroatoms. The molecule has 0 saturated carbocycles. The maximum absolute atomic E-state index is 13.3. The number of para-hydroxylation sites is 3. The zero-order valence-corrected chi connectivity index (χ0v) is 15.5. The number of fused-ring (bicyclic) bond motifs is 2. The maximum Gasteiger partial charge on any atom is 0.269 e. The summed E-state index contributed by atoms with van der Waals surface area (Å²) in [6.45, 7) is 0. The van der Waals surface area contributed by atoms with E-state index in [1.165, 1.54) is 0 Å². The summed E-state index contributed by atoms with van der Waals surface area (Å²) in [6.07, 6.45) is 0.307. The van der Waals surface area contributed by atoms with Crippen LogP contribution in [0.15, 0.2) is 91.1 Å². The molecule has 1 amide bonds. The molecule has 4 aromatic rings. The molecule has 1 aliphatic heterocycles. The molecule has 0 saturated heterocycles. The fraction of sp³-hybridized carbons (Fsp3) is 0.0833. The van der Waals surface area contributed by atoms with Crippen molar-refractivity contribution >= 4 is 22.5 Å². The number of nitrogens with one attached hydrogen (secondary N) is 1. The largest absolute Gasteiger partial charge is 0.477 e. The topological polar surface area (TPSA) is 60.5 Å². The number of anilines is 1. The van der Waals surface area contributed by atoms with Crippen LogP contribution < -0.4 is 14.8 Å². The van der Waals surface area contributed by atoms with Gasteiger partial charge in [0.15, 0.2) is 17.6 Å². The van der Waals surface area contributed by atoms with Crippen LogP contribution in [0.5, 0.6) is 11.5 Å². The van der Waals surface area contributed by atoms with E-state index in [0.29, 0.717) is 17.2 Å². The number of hydrogen-bond acceptors (Lipinski definition) is 4.